The largest absolute Gasteiger partial charge is 0.343 e. The van der Waals surface area contributed by atoms with Gasteiger partial charge in [0.2, 0.25) is 5.91 Å². The average molecular weight is 325 g/mol. The summed E-state index contributed by atoms with van der Waals surface area (Å²) in [7, 11) is 0. The molecule has 0 aliphatic rings. The number of carbonyl (C=O) groups excluding carboxylic acids is 2. The SMILES string of the molecule is O=C(CNC(=O)c1c(F)cccc1Cl)Nc1ccccc1F. The Hall–Kier alpha value is -2.47. The molecule has 2 amide bonds. The Kier molecular flexibility index (Phi) is 5.06. The predicted octanol–water partition coefficient (Wildman–Crippen LogP) is 2.99. The van der Waals surface area contributed by atoms with E-state index in [1.165, 1.54) is 30.3 Å². The Bertz CT molecular complexity index is 702. The van der Waals surface area contributed by atoms with Gasteiger partial charge in [0.1, 0.15) is 11.6 Å². The molecule has 2 aromatic carbocycles. The molecule has 0 fully saturated rings. The van der Waals surface area contributed by atoms with Crippen LogP contribution in [0.5, 0.6) is 0 Å². The first-order chi connectivity index (χ1) is 10.5. The number of hydrogen-bond acceptors (Lipinski definition) is 2. The van der Waals surface area contributed by atoms with E-state index in [1.807, 2.05) is 0 Å². The quantitative estimate of drug-likeness (QED) is 0.908. The molecule has 22 heavy (non-hydrogen) atoms. The predicted molar refractivity (Wildman–Crippen MR) is 78.8 cm³/mol. The fourth-order valence-electron chi connectivity index (χ4n) is 1.72. The second-order valence-electron chi connectivity index (χ2n) is 4.31. The summed E-state index contributed by atoms with van der Waals surface area (Å²) in [6.45, 7) is -0.447. The molecule has 4 nitrogen and oxygen atoms in total. The molecule has 0 aliphatic carbocycles. The number of nitrogens with one attached hydrogen (secondary N) is 2. The van der Waals surface area contributed by atoms with E-state index in [9.17, 15) is 18.4 Å². The summed E-state index contributed by atoms with van der Waals surface area (Å²) in [5.41, 5.74) is -0.353. The first-order valence-corrected chi connectivity index (χ1v) is 6.63. The summed E-state index contributed by atoms with van der Waals surface area (Å²) in [5.74, 6) is -2.86. The summed E-state index contributed by atoms with van der Waals surface area (Å²) in [6, 6.07) is 9.40. The fraction of sp³-hybridized carbons (Fsp3) is 0.0667. The molecule has 2 rings (SSSR count). The van der Waals surface area contributed by atoms with Crippen molar-refractivity contribution in [2.45, 2.75) is 0 Å². The van der Waals surface area contributed by atoms with Crippen LogP contribution in [0, 0.1) is 11.6 Å². The molecule has 2 aromatic rings. The van der Waals surface area contributed by atoms with E-state index < -0.39 is 30.0 Å². The standard InChI is InChI=1S/C15H11ClF2N2O2/c16-9-4-3-6-11(18)14(9)15(22)19-8-13(21)20-12-7-2-1-5-10(12)17/h1-7H,8H2,(H,19,22)(H,20,21). The minimum absolute atomic E-state index is 0.00864. The zero-order valence-electron chi connectivity index (χ0n) is 11.2. The lowest BCUT2D eigenvalue weighted by Gasteiger charge is -2.09. The van der Waals surface area contributed by atoms with Crippen LogP contribution in [-0.4, -0.2) is 18.4 Å². The summed E-state index contributed by atoms with van der Waals surface area (Å²) < 4.78 is 26.9. The van der Waals surface area contributed by atoms with Crippen molar-refractivity contribution >= 4 is 29.1 Å². The van der Waals surface area contributed by atoms with Crippen LogP contribution in [-0.2, 0) is 4.79 Å². The van der Waals surface area contributed by atoms with Crippen molar-refractivity contribution in [3.8, 4) is 0 Å². The van der Waals surface area contributed by atoms with E-state index in [-0.39, 0.29) is 16.3 Å². The maximum absolute atomic E-state index is 13.5. The molecule has 0 spiro atoms. The molecule has 0 unspecified atom stereocenters. The van der Waals surface area contributed by atoms with Gasteiger partial charge >= 0.3 is 0 Å². The van der Waals surface area contributed by atoms with Crippen molar-refractivity contribution < 1.29 is 18.4 Å². The minimum atomic E-state index is -0.827. The van der Waals surface area contributed by atoms with E-state index in [4.69, 9.17) is 11.6 Å². The van der Waals surface area contributed by atoms with Crippen molar-refractivity contribution in [2.75, 3.05) is 11.9 Å². The third-order valence-corrected chi connectivity index (χ3v) is 3.06. The minimum Gasteiger partial charge on any atom is -0.343 e. The number of para-hydroxylation sites is 1. The summed E-state index contributed by atoms with van der Waals surface area (Å²) >= 11 is 5.74. The Morgan fingerprint density at radius 3 is 2.36 bits per heavy atom. The van der Waals surface area contributed by atoms with Crippen LogP contribution in [0.25, 0.3) is 0 Å². The normalized spacial score (nSPS) is 10.1. The van der Waals surface area contributed by atoms with Crippen LogP contribution in [0.1, 0.15) is 10.4 Å². The summed E-state index contributed by atoms with van der Waals surface area (Å²) in [4.78, 5) is 23.5. The third kappa shape index (κ3) is 3.79. The van der Waals surface area contributed by atoms with Crippen molar-refractivity contribution in [1.29, 1.82) is 0 Å². The summed E-state index contributed by atoms with van der Waals surface area (Å²) in [5, 5.41) is 4.45. The van der Waals surface area contributed by atoms with Gasteiger partial charge in [-0.1, -0.05) is 29.8 Å². The van der Waals surface area contributed by atoms with Crippen molar-refractivity contribution in [3.63, 3.8) is 0 Å². The molecule has 0 saturated carbocycles. The van der Waals surface area contributed by atoms with Gasteiger partial charge in [-0.25, -0.2) is 8.78 Å². The number of halogens is 3. The van der Waals surface area contributed by atoms with E-state index in [2.05, 4.69) is 10.6 Å². The first-order valence-electron chi connectivity index (χ1n) is 6.25. The van der Waals surface area contributed by atoms with E-state index in [0.717, 1.165) is 6.07 Å². The smallest absolute Gasteiger partial charge is 0.256 e. The van der Waals surface area contributed by atoms with Gasteiger partial charge in [0.25, 0.3) is 5.91 Å². The Morgan fingerprint density at radius 2 is 1.68 bits per heavy atom. The van der Waals surface area contributed by atoms with Gasteiger partial charge < -0.3 is 10.6 Å². The van der Waals surface area contributed by atoms with Gasteiger partial charge in [-0.05, 0) is 24.3 Å². The second-order valence-corrected chi connectivity index (χ2v) is 4.71. The number of hydrogen-bond donors (Lipinski definition) is 2. The number of amides is 2. The van der Waals surface area contributed by atoms with Crippen LogP contribution in [0.3, 0.4) is 0 Å². The van der Waals surface area contributed by atoms with Crippen LogP contribution < -0.4 is 10.6 Å². The highest BCUT2D eigenvalue weighted by Gasteiger charge is 2.16. The van der Waals surface area contributed by atoms with Crippen molar-refractivity contribution in [2.24, 2.45) is 0 Å². The lowest BCUT2D eigenvalue weighted by Crippen LogP contribution is -2.33. The zero-order valence-corrected chi connectivity index (χ0v) is 12.0. The van der Waals surface area contributed by atoms with Crippen LogP contribution >= 0.6 is 11.6 Å². The fourth-order valence-corrected chi connectivity index (χ4v) is 1.97. The van der Waals surface area contributed by atoms with Gasteiger partial charge in [-0.15, -0.1) is 0 Å². The maximum Gasteiger partial charge on any atom is 0.256 e. The molecule has 0 bridgehead atoms. The number of carbonyl (C=O) groups is 2. The Labute approximate surface area is 130 Å². The van der Waals surface area contributed by atoms with Crippen LogP contribution in [0.15, 0.2) is 42.5 Å². The molecule has 0 aromatic heterocycles. The highest BCUT2D eigenvalue weighted by atomic mass is 35.5. The Morgan fingerprint density at radius 1 is 1.00 bits per heavy atom. The molecular weight excluding hydrogens is 314 g/mol. The lowest BCUT2D eigenvalue weighted by atomic mass is 10.2. The second kappa shape index (κ2) is 7.00. The third-order valence-electron chi connectivity index (χ3n) is 2.75. The van der Waals surface area contributed by atoms with Gasteiger partial charge in [0.05, 0.1) is 22.8 Å². The maximum atomic E-state index is 13.5. The average Bonchev–Trinajstić information content (AvgIpc) is 2.47. The van der Waals surface area contributed by atoms with Crippen molar-refractivity contribution in [1.82, 2.24) is 5.32 Å². The highest BCUT2D eigenvalue weighted by molar-refractivity contribution is 6.33. The molecule has 0 heterocycles. The molecular formula is C15H11ClF2N2O2. The molecule has 2 N–H and O–H groups in total. The number of rotatable bonds is 4. The lowest BCUT2D eigenvalue weighted by molar-refractivity contribution is -0.115. The van der Waals surface area contributed by atoms with Crippen LogP contribution in [0.4, 0.5) is 14.5 Å². The zero-order chi connectivity index (χ0) is 16.1. The van der Waals surface area contributed by atoms with E-state index in [1.54, 1.807) is 6.07 Å². The van der Waals surface area contributed by atoms with E-state index in [0.29, 0.717) is 0 Å². The van der Waals surface area contributed by atoms with Gasteiger partial charge in [-0.2, -0.15) is 0 Å². The highest BCUT2D eigenvalue weighted by Crippen LogP contribution is 2.18. The van der Waals surface area contributed by atoms with Gasteiger partial charge in [-0.3, -0.25) is 9.59 Å². The summed E-state index contributed by atoms with van der Waals surface area (Å²) in [6.07, 6.45) is 0. The molecule has 0 atom stereocenters. The number of anilines is 1. The molecule has 7 heteroatoms. The molecule has 0 saturated heterocycles. The topological polar surface area (TPSA) is 58.2 Å². The molecule has 114 valence electrons. The Balaban J connectivity index is 1.97. The molecule has 0 radical (unpaired) electrons. The van der Waals surface area contributed by atoms with Crippen molar-refractivity contribution in [3.05, 3.63) is 64.7 Å². The van der Waals surface area contributed by atoms with Crippen LogP contribution in [0.2, 0.25) is 5.02 Å². The van der Waals surface area contributed by atoms with Gasteiger partial charge in [0.15, 0.2) is 0 Å². The first kappa shape index (κ1) is 15.9. The van der Waals surface area contributed by atoms with E-state index >= 15 is 0 Å². The van der Waals surface area contributed by atoms with Gasteiger partial charge in [0, 0.05) is 0 Å². The number of benzene rings is 2. The monoisotopic (exact) mass is 324 g/mol. The molecule has 0 aliphatic heterocycles.